The molecule has 0 unspecified atom stereocenters. The molecule has 1 saturated heterocycles. The van der Waals surface area contributed by atoms with Gasteiger partial charge in [-0.05, 0) is 29.5 Å². The molecule has 1 aliphatic rings. The highest BCUT2D eigenvalue weighted by Crippen LogP contribution is 2.26. The fourth-order valence-corrected chi connectivity index (χ4v) is 3.56. The van der Waals surface area contributed by atoms with E-state index in [2.05, 4.69) is 23.0 Å². The maximum atomic E-state index is 12.3. The molecule has 1 aliphatic heterocycles. The van der Waals surface area contributed by atoms with Gasteiger partial charge >= 0.3 is 0 Å². The Hall–Kier alpha value is -2.86. The van der Waals surface area contributed by atoms with Crippen molar-refractivity contribution in [2.45, 2.75) is 32.8 Å². The zero-order valence-corrected chi connectivity index (χ0v) is 16.9. The Morgan fingerprint density at radius 2 is 1.79 bits per heavy atom. The fourth-order valence-electron chi connectivity index (χ4n) is 3.56. The minimum atomic E-state index is -0.409. The lowest BCUT2D eigenvalue weighted by atomic mass is 9.92. The van der Waals surface area contributed by atoms with Crippen molar-refractivity contribution in [1.29, 1.82) is 0 Å². The first-order chi connectivity index (χ1) is 14.0. The highest BCUT2D eigenvalue weighted by Gasteiger charge is 2.36. The van der Waals surface area contributed by atoms with Gasteiger partial charge in [0.05, 0.1) is 12.0 Å². The maximum absolute atomic E-state index is 12.3. The molecule has 1 heterocycles. The van der Waals surface area contributed by atoms with E-state index in [1.807, 2.05) is 56.3 Å². The molecule has 2 aromatic rings. The lowest BCUT2D eigenvalue weighted by Crippen LogP contribution is -2.48. The first-order valence-electron chi connectivity index (χ1n) is 9.99. The number of para-hydroxylation sites is 1. The van der Waals surface area contributed by atoms with E-state index in [0.717, 1.165) is 5.56 Å². The van der Waals surface area contributed by atoms with Crippen LogP contribution >= 0.6 is 0 Å². The van der Waals surface area contributed by atoms with Gasteiger partial charge in [0.1, 0.15) is 5.75 Å². The number of benzene rings is 2. The van der Waals surface area contributed by atoms with Crippen molar-refractivity contribution >= 4 is 11.8 Å². The molecule has 2 amide bonds. The van der Waals surface area contributed by atoms with Crippen LogP contribution < -0.4 is 15.6 Å². The maximum Gasteiger partial charge on any atom is 0.276 e. The molecule has 0 bridgehead atoms. The van der Waals surface area contributed by atoms with Crippen molar-refractivity contribution in [2.75, 3.05) is 13.2 Å². The van der Waals surface area contributed by atoms with E-state index in [-0.39, 0.29) is 30.5 Å². The third kappa shape index (κ3) is 5.81. The summed E-state index contributed by atoms with van der Waals surface area (Å²) in [6.07, 6.45) is 1.26. The van der Waals surface area contributed by atoms with E-state index in [1.54, 1.807) is 0 Å². The predicted octanol–water partition coefficient (Wildman–Crippen LogP) is 2.86. The second kappa shape index (κ2) is 10.1. The Morgan fingerprint density at radius 3 is 2.55 bits per heavy atom. The summed E-state index contributed by atoms with van der Waals surface area (Å²) in [5.41, 5.74) is 7.10. The molecule has 6 nitrogen and oxygen atoms in total. The molecule has 6 heteroatoms. The van der Waals surface area contributed by atoms with Crippen molar-refractivity contribution in [3.63, 3.8) is 0 Å². The average molecular weight is 396 g/mol. The molecule has 0 spiro atoms. The highest BCUT2D eigenvalue weighted by atomic mass is 16.5. The third-order valence-corrected chi connectivity index (χ3v) is 5.02. The molecular weight excluding hydrogens is 368 g/mol. The van der Waals surface area contributed by atoms with Crippen molar-refractivity contribution in [2.24, 2.45) is 11.8 Å². The van der Waals surface area contributed by atoms with Gasteiger partial charge in [0.25, 0.3) is 5.91 Å². The largest absolute Gasteiger partial charge is 0.483 e. The summed E-state index contributed by atoms with van der Waals surface area (Å²) in [5.74, 6) is 0.0185. The van der Waals surface area contributed by atoms with E-state index in [1.165, 1.54) is 5.56 Å². The Morgan fingerprint density at radius 1 is 1.07 bits per heavy atom. The molecule has 0 aliphatic carbocycles. The molecule has 0 aromatic heterocycles. The van der Waals surface area contributed by atoms with Crippen molar-refractivity contribution in [3.05, 3.63) is 65.7 Å². The van der Waals surface area contributed by atoms with Crippen LogP contribution in [0.1, 0.15) is 31.4 Å². The van der Waals surface area contributed by atoms with Gasteiger partial charge in [-0.2, -0.15) is 0 Å². The van der Waals surface area contributed by atoms with Crippen LogP contribution in [0.5, 0.6) is 5.75 Å². The van der Waals surface area contributed by atoms with E-state index < -0.39 is 5.91 Å². The van der Waals surface area contributed by atoms with Crippen molar-refractivity contribution < 1.29 is 19.1 Å². The molecule has 0 radical (unpaired) electrons. The number of hydrazine groups is 1. The van der Waals surface area contributed by atoms with Gasteiger partial charge in [0.2, 0.25) is 5.91 Å². The van der Waals surface area contributed by atoms with Gasteiger partial charge in [-0.3, -0.25) is 20.4 Å². The summed E-state index contributed by atoms with van der Waals surface area (Å²) < 4.78 is 11.3. The lowest BCUT2D eigenvalue weighted by molar-refractivity contribution is -0.133. The topological polar surface area (TPSA) is 76.7 Å². The van der Waals surface area contributed by atoms with Gasteiger partial charge in [0.15, 0.2) is 6.61 Å². The Kier molecular flexibility index (Phi) is 7.25. The van der Waals surface area contributed by atoms with Crippen molar-refractivity contribution in [3.8, 4) is 5.75 Å². The molecule has 3 rings (SSSR count). The Balaban J connectivity index is 1.49. The molecule has 2 atom stereocenters. The number of amides is 2. The van der Waals surface area contributed by atoms with Gasteiger partial charge in [-0.15, -0.1) is 0 Å². The number of carbonyl (C=O) groups excluding carboxylic acids is 2. The Bertz CT molecular complexity index is 823. The molecule has 2 aromatic carbocycles. The van der Waals surface area contributed by atoms with Gasteiger partial charge in [0, 0.05) is 13.0 Å². The number of hydrogen-bond acceptors (Lipinski definition) is 4. The second-order valence-electron chi connectivity index (χ2n) is 7.57. The minimum absolute atomic E-state index is 0.118. The van der Waals surface area contributed by atoms with Crippen LogP contribution in [-0.4, -0.2) is 31.1 Å². The standard InChI is InChI=1S/C23H28N2O4/c1-16(2)22-19(12-13-28-22)23(27)25-24-21(26)15-29-20-11-7-6-10-18(20)14-17-8-4-3-5-9-17/h3-11,16,19,22H,12-15H2,1-2H3,(H,24,26)(H,25,27)/t19-,22-/m0/s1. The molecule has 0 saturated carbocycles. The second-order valence-corrected chi connectivity index (χ2v) is 7.57. The van der Waals surface area contributed by atoms with Crippen LogP contribution in [0.4, 0.5) is 0 Å². The van der Waals surface area contributed by atoms with Crippen LogP contribution in [-0.2, 0) is 20.7 Å². The third-order valence-electron chi connectivity index (χ3n) is 5.02. The van der Waals surface area contributed by atoms with E-state index in [4.69, 9.17) is 9.47 Å². The minimum Gasteiger partial charge on any atom is -0.483 e. The van der Waals surface area contributed by atoms with E-state index in [9.17, 15) is 9.59 Å². The van der Waals surface area contributed by atoms with Crippen LogP contribution in [0.3, 0.4) is 0 Å². The van der Waals surface area contributed by atoms with E-state index in [0.29, 0.717) is 25.2 Å². The zero-order valence-electron chi connectivity index (χ0n) is 16.9. The smallest absolute Gasteiger partial charge is 0.276 e. The fraction of sp³-hybridized carbons (Fsp3) is 0.391. The van der Waals surface area contributed by atoms with Crippen molar-refractivity contribution in [1.82, 2.24) is 10.9 Å². The van der Waals surface area contributed by atoms with Crippen LogP contribution in [0.15, 0.2) is 54.6 Å². The van der Waals surface area contributed by atoms with Crippen LogP contribution in [0.25, 0.3) is 0 Å². The first kappa shape index (κ1) is 20.9. The van der Waals surface area contributed by atoms with Gasteiger partial charge in [-0.25, -0.2) is 0 Å². The van der Waals surface area contributed by atoms with Crippen LogP contribution in [0, 0.1) is 11.8 Å². The zero-order chi connectivity index (χ0) is 20.6. The Labute approximate surface area is 171 Å². The normalized spacial score (nSPS) is 18.4. The highest BCUT2D eigenvalue weighted by molar-refractivity contribution is 5.84. The number of rotatable bonds is 7. The summed E-state index contributed by atoms with van der Waals surface area (Å²) in [4.78, 5) is 24.5. The SMILES string of the molecule is CC(C)[C@@H]1OCC[C@@H]1C(=O)NNC(=O)COc1ccccc1Cc1ccccc1. The molecular formula is C23H28N2O4. The summed E-state index contributed by atoms with van der Waals surface area (Å²) >= 11 is 0. The summed E-state index contributed by atoms with van der Waals surface area (Å²) in [7, 11) is 0. The summed E-state index contributed by atoms with van der Waals surface area (Å²) in [6, 6.07) is 17.7. The van der Waals surface area contributed by atoms with Crippen LogP contribution in [0.2, 0.25) is 0 Å². The van der Waals surface area contributed by atoms with Gasteiger partial charge < -0.3 is 9.47 Å². The molecule has 1 fully saturated rings. The lowest BCUT2D eigenvalue weighted by Gasteiger charge is -2.21. The molecule has 2 N–H and O–H groups in total. The quantitative estimate of drug-likeness (QED) is 0.706. The predicted molar refractivity (Wildman–Crippen MR) is 110 cm³/mol. The first-order valence-corrected chi connectivity index (χ1v) is 9.99. The number of ether oxygens (including phenoxy) is 2. The number of hydrogen-bond donors (Lipinski definition) is 2. The van der Waals surface area contributed by atoms with E-state index >= 15 is 0 Å². The summed E-state index contributed by atoms with van der Waals surface area (Å²) in [5, 5.41) is 0. The molecule has 154 valence electrons. The summed E-state index contributed by atoms with van der Waals surface area (Å²) in [6.45, 7) is 4.43. The molecule has 29 heavy (non-hydrogen) atoms. The number of carbonyl (C=O) groups is 2. The monoisotopic (exact) mass is 396 g/mol. The van der Waals surface area contributed by atoms with Gasteiger partial charge in [-0.1, -0.05) is 62.4 Å². The average Bonchev–Trinajstić information content (AvgIpc) is 3.22. The number of nitrogens with one attached hydrogen (secondary N) is 2.